The van der Waals surface area contributed by atoms with Gasteiger partial charge >= 0.3 is 5.97 Å². The molecule has 0 unspecified atom stereocenters. The summed E-state index contributed by atoms with van der Waals surface area (Å²) >= 11 is 7.37. The van der Waals surface area contributed by atoms with E-state index in [9.17, 15) is 9.59 Å². The number of rotatable bonds is 5. The van der Waals surface area contributed by atoms with Crippen LogP contribution in [0, 0.1) is 0 Å². The number of hydrogen-bond acceptors (Lipinski definition) is 4. The minimum atomic E-state index is -0.803. The highest BCUT2D eigenvalue weighted by Crippen LogP contribution is 2.25. The number of benzene rings is 1. The molecule has 1 aliphatic heterocycles. The molecule has 24 heavy (non-hydrogen) atoms. The molecule has 1 atom stereocenters. The van der Waals surface area contributed by atoms with Gasteiger partial charge in [0.05, 0.1) is 16.4 Å². The normalized spacial score (nSPS) is 16.2. The Morgan fingerprint density at radius 2 is 2.17 bits per heavy atom. The average molecular weight is 362 g/mol. The van der Waals surface area contributed by atoms with Crippen molar-refractivity contribution in [2.75, 3.05) is 6.54 Å². The first-order valence-electron chi connectivity index (χ1n) is 7.51. The molecule has 4 nitrogen and oxygen atoms in total. The number of fused-ring (bicyclic) bond motifs is 1. The molecule has 1 aromatic carbocycles. The van der Waals surface area contributed by atoms with Gasteiger partial charge in [-0.3, -0.25) is 4.79 Å². The van der Waals surface area contributed by atoms with Crippen molar-refractivity contribution in [1.29, 1.82) is 0 Å². The molecule has 2 aromatic rings. The number of carbonyl (C=O) groups excluding carboxylic acids is 2. The van der Waals surface area contributed by atoms with Gasteiger partial charge in [-0.05, 0) is 23.8 Å². The molecule has 0 N–H and O–H groups in total. The maximum absolute atomic E-state index is 12.8. The standard InChI is InChI=1S/C18H16ClNO3S/c1-2-9-20(11-13-7-8-16(19)24-13)17(21)15-10-12-5-3-4-6-14(12)18(22)23-15/h2-8,15H,1,9-11H2/t15-/m1/s1. The number of esters is 1. The second-order valence-electron chi connectivity index (χ2n) is 5.47. The summed E-state index contributed by atoms with van der Waals surface area (Å²) in [6.07, 6.45) is 1.24. The van der Waals surface area contributed by atoms with E-state index < -0.39 is 12.1 Å². The predicted octanol–water partition coefficient (Wildman–Crippen LogP) is 3.70. The van der Waals surface area contributed by atoms with Crippen molar-refractivity contribution >= 4 is 34.8 Å². The van der Waals surface area contributed by atoms with Gasteiger partial charge in [-0.1, -0.05) is 35.9 Å². The largest absolute Gasteiger partial charge is 0.448 e. The molecule has 0 saturated carbocycles. The lowest BCUT2D eigenvalue weighted by atomic mass is 9.98. The van der Waals surface area contributed by atoms with E-state index in [1.807, 2.05) is 18.2 Å². The highest BCUT2D eigenvalue weighted by molar-refractivity contribution is 7.16. The highest BCUT2D eigenvalue weighted by atomic mass is 35.5. The van der Waals surface area contributed by atoms with E-state index >= 15 is 0 Å². The first-order valence-corrected chi connectivity index (χ1v) is 8.70. The number of thiophene rings is 1. The van der Waals surface area contributed by atoms with Crippen LogP contribution in [0.15, 0.2) is 49.1 Å². The fourth-order valence-corrected chi connectivity index (χ4v) is 3.79. The third-order valence-corrected chi connectivity index (χ3v) is 5.02. The fourth-order valence-electron chi connectivity index (χ4n) is 2.69. The van der Waals surface area contributed by atoms with Crippen molar-refractivity contribution in [3.05, 3.63) is 69.4 Å². The summed E-state index contributed by atoms with van der Waals surface area (Å²) in [5, 5.41) is 0. The van der Waals surface area contributed by atoms with Gasteiger partial charge in [-0.2, -0.15) is 0 Å². The van der Waals surface area contributed by atoms with Crippen molar-refractivity contribution < 1.29 is 14.3 Å². The van der Waals surface area contributed by atoms with Crippen LogP contribution in [-0.4, -0.2) is 29.4 Å². The first kappa shape index (κ1) is 16.7. The second kappa shape index (κ2) is 7.20. The van der Waals surface area contributed by atoms with E-state index in [0.717, 1.165) is 10.4 Å². The monoisotopic (exact) mass is 361 g/mol. The van der Waals surface area contributed by atoms with Gasteiger partial charge in [0.15, 0.2) is 6.10 Å². The van der Waals surface area contributed by atoms with Gasteiger partial charge in [0.1, 0.15) is 0 Å². The molecular formula is C18H16ClNO3S. The molecule has 0 saturated heterocycles. The average Bonchev–Trinajstić information content (AvgIpc) is 2.99. The zero-order valence-electron chi connectivity index (χ0n) is 12.9. The summed E-state index contributed by atoms with van der Waals surface area (Å²) in [5.74, 6) is -0.671. The maximum Gasteiger partial charge on any atom is 0.339 e. The third-order valence-electron chi connectivity index (χ3n) is 3.80. The molecule has 1 aliphatic rings. The molecule has 6 heteroatoms. The van der Waals surface area contributed by atoms with Crippen LogP contribution in [0.1, 0.15) is 20.8 Å². The number of cyclic esters (lactones) is 1. The SMILES string of the molecule is C=CCN(Cc1ccc(Cl)s1)C(=O)[C@H]1Cc2ccccc2C(=O)O1. The molecule has 0 fully saturated rings. The van der Waals surface area contributed by atoms with Crippen LogP contribution < -0.4 is 0 Å². The lowest BCUT2D eigenvalue weighted by Crippen LogP contribution is -2.44. The summed E-state index contributed by atoms with van der Waals surface area (Å²) < 4.78 is 6.03. The number of amides is 1. The molecule has 1 aromatic heterocycles. The summed E-state index contributed by atoms with van der Waals surface area (Å²) in [7, 11) is 0. The van der Waals surface area contributed by atoms with Crippen LogP contribution in [-0.2, 0) is 22.5 Å². The van der Waals surface area contributed by atoms with Gasteiger partial charge < -0.3 is 9.64 Å². The summed E-state index contributed by atoms with van der Waals surface area (Å²) in [5.41, 5.74) is 1.37. The lowest BCUT2D eigenvalue weighted by molar-refractivity contribution is -0.141. The number of nitrogens with zero attached hydrogens (tertiary/aromatic N) is 1. The lowest BCUT2D eigenvalue weighted by Gasteiger charge is -2.29. The number of halogens is 1. The molecule has 0 bridgehead atoms. The van der Waals surface area contributed by atoms with Crippen molar-refractivity contribution in [2.45, 2.75) is 19.1 Å². The van der Waals surface area contributed by atoms with Crippen LogP contribution in [0.2, 0.25) is 4.34 Å². The Kier molecular flexibility index (Phi) is 5.02. The molecule has 3 rings (SSSR count). The quantitative estimate of drug-likeness (QED) is 0.602. The Bertz CT molecular complexity index is 786. The smallest absolute Gasteiger partial charge is 0.339 e. The number of hydrogen-bond donors (Lipinski definition) is 0. The van der Waals surface area contributed by atoms with Gasteiger partial charge in [0.25, 0.3) is 5.91 Å². The Morgan fingerprint density at radius 3 is 2.88 bits per heavy atom. The first-order chi connectivity index (χ1) is 11.6. The van der Waals surface area contributed by atoms with Crippen molar-refractivity contribution in [3.8, 4) is 0 Å². The van der Waals surface area contributed by atoms with E-state index in [2.05, 4.69) is 6.58 Å². The Labute approximate surface area is 149 Å². The summed E-state index contributed by atoms with van der Waals surface area (Å²) in [4.78, 5) is 27.5. The van der Waals surface area contributed by atoms with E-state index in [1.54, 1.807) is 29.2 Å². The van der Waals surface area contributed by atoms with E-state index in [-0.39, 0.29) is 5.91 Å². The zero-order chi connectivity index (χ0) is 17.1. The van der Waals surface area contributed by atoms with Gasteiger partial charge in [0.2, 0.25) is 0 Å². The molecule has 0 radical (unpaired) electrons. The summed E-state index contributed by atoms with van der Waals surface area (Å²) in [6, 6.07) is 10.9. The molecule has 0 spiro atoms. The van der Waals surface area contributed by atoms with Gasteiger partial charge in [-0.25, -0.2) is 4.79 Å². The Hall–Kier alpha value is -2.11. The van der Waals surface area contributed by atoms with Gasteiger partial charge in [0, 0.05) is 17.8 Å². The summed E-state index contributed by atoms with van der Waals surface area (Å²) in [6.45, 7) is 4.50. The van der Waals surface area contributed by atoms with Crippen molar-refractivity contribution in [1.82, 2.24) is 4.90 Å². The predicted molar refractivity (Wildman–Crippen MR) is 94.3 cm³/mol. The highest BCUT2D eigenvalue weighted by Gasteiger charge is 2.33. The molecule has 1 amide bonds. The molecule has 2 heterocycles. The minimum Gasteiger partial charge on any atom is -0.448 e. The Balaban J connectivity index is 1.78. The van der Waals surface area contributed by atoms with Crippen LogP contribution in [0.4, 0.5) is 0 Å². The van der Waals surface area contributed by atoms with Crippen molar-refractivity contribution in [2.24, 2.45) is 0 Å². The number of ether oxygens (including phenoxy) is 1. The molecule has 124 valence electrons. The fraction of sp³-hybridized carbons (Fsp3) is 0.222. The maximum atomic E-state index is 12.8. The Morgan fingerprint density at radius 1 is 1.38 bits per heavy atom. The second-order valence-corrected chi connectivity index (χ2v) is 7.27. The van der Waals surface area contributed by atoms with Crippen LogP contribution in [0.3, 0.4) is 0 Å². The van der Waals surface area contributed by atoms with Crippen LogP contribution in [0.5, 0.6) is 0 Å². The minimum absolute atomic E-state index is 0.220. The molecule has 0 aliphatic carbocycles. The van der Waals surface area contributed by atoms with Gasteiger partial charge in [-0.15, -0.1) is 17.9 Å². The van der Waals surface area contributed by atoms with E-state index in [0.29, 0.717) is 29.4 Å². The van der Waals surface area contributed by atoms with Crippen molar-refractivity contribution in [3.63, 3.8) is 0 Å². The topological polar surface area (TPSA) is 46.6 Å². The number of carbonyl (C=O) groups is 2. The zero-order valence-corrected chi connectivity index (χ0v) is 14.5. The van der Waals surface area contributed by atoms with E-state index in [4.69, 9.17) is 16.3 Å². The van der Waals surface area contributed by atoms with E-state index in [1.165, 1.54) is 11.3 Å². The van der Waals surface area contributed by atoms with Crippen LogP contribution >= 0.6 is 22.9 Å². The third kappa shape index (κ3) is 3.52. The van der Waals surface area contributed by atoms with Crippen LogP contribution in [0.25, 0.3) is 0 Å². The molecular weight excluding hydrogens is 346 g/mol.